The summed E-state index contributed by atoms with van der Waals surface area (Å²) in [6.45, 7) is 0.364. The van der Waals surface area contributed by atoms with E-state index in [2.05, 4.69) is 0 Å². The van der Waals surface area contributed by atoms with Crippen molar-refractivity contribution in [3.8, 4) is 0 Å². The molecule has 0 saturated heterocycles. The number of halogens is 3. The second kappa shape index (κ2) is 6.62. The van der Waals surface area contributed by atoms with Crippen molar-refractivity contribution in [2.45, 2.75) is 25.2 Å². The van der Waals surface area contributed by atoms with Gasteiger partial charge in [-0.1, -0.05) is 18.2 Å². The van der Waals surface area contributed by atoms with Crippen LogP contribution in [0, 0.1) is 0 Å². The molecule has 0 aliphatic carbocycles. The summed E-state index contributed by atoms with van der Waals surface area (Å²) in [5, 5.41) is 10.4. The number of amides is 1. The molecule has 8 heteroatoms. The van der Waals surface area contributed by atoms with Gasteiger partial charge in [0.1, 0.15) is 0 Å². The Labute approximate surface area is 148 Å². The van der Waals surface area contributed by atoms with Gasteiger partial charge in [-0.2, -0.15) is 18.2 Å². The number of nitrogens with two attached hydrogens (primary N) is 1. The monoisotopic (exact) mass is 365 g/mol. The zero-order valence-corrected chi connectivity index (χ0v) is 14.0. The van der Waals surface area contributed by atoms with Crippen LogP contribution in [0.3, 0.4) is 0 Å². The third-order valence-corrected chi connectivity index (χ3v) is 4.37. The van der Waals surface area contributed by atoms with Crippen molar-refractivity contribution >= 4 is 17.3 Å². The minimum atomic E-state index is -4.39. The van der Waals surface area contributed by atoms with E-state index >= 15 is 0 Å². The van der Waals surface area contributed by atoms with E-state index in [0.717, 1.165) is 23.3 Å². The number of hydrogen-bond acceptors (Lipinski definition) is 4. The van der Waals surface area contributed by atoms with Crippen LogP contribution >= 0.6 is 0 Å². The molecule has 2 aromatic carbocycles. The first-order valence-electron chi connectivity index (χ1n) is 7.95. The molecule has 0 fully saturated rings. The van der Waals surface area contributed by atoms with Gasteiger partial charge in [0.25, 0.3) is 5.91 Å². The van der Waals surface area contributed by atoms with Crippen molar-refractivity contribution in [2.24, 2.45) is 5.73 Å². The average molecular weight is 365 g/mol. The predicted molar refractivity (Wildman–Crippen MR) is 90.9 cm³/mol. The fourth-order valence-electron chi connectivity index (χ4n) is 2.99. The second-order valence-corrected chi connectivity index (χ2v) is 6.33. The highest BCUT2D eigenvalue weighted by Gasteiger charge is 2.31. The van der Waals surface area contributed by atoms with Crippen molar-refractivity contribution in [1.29, 1.82) is 0 Å². The Bertz CT molecular complexity index is 839. The topological polar surface area (TPSA) is 69.8 Å². The molecule has 26 heavy (non-hydrogen) atoms. The van der Waals surface area contributed by atoms with Gasteiger partial charge in [-0.25, -0.2) is 0 Å². The number of anilines is 2. The molecule has 138 valence electrons. The maximum Gasteiger partial charge on any atom is 0.416 e. The first-order valence-corrected chi connectivity index (χ1v) is 7.95. The molecule has 0 bridgehead atoms. The molecule has 3 rings (SSSR count). The molecule has 1 aliphatic rings. The fraction of sp³-hybridized carbons (Fsp3) is 0.278. The molecule has 1 atom stereocenters. The van der Waals surface area contributed by atoms with E-state index < -0.39 is 23.7 Å². The lowest BCUT2D eigenvalue weighted by molar-refractivity contribution is -0.137. The highest BCUT2D eigenvalue weighted by Crippen LogP contribution is 2.32. The molecular weight excluding hydrogens is 347 g/mol. The van der Waals surface area contributed by atoms with Gasteiger partial charge in [0.2, 0.25) is 0 Å². The number of carbonyl (C=O) groups is 1. The smallest absolute Gasteiger partial charge is 0.370 e. The third kappa shape index (κ3) is 3.51. The standard InChI is InChI=1S/C18H18F3N3O2/c1-23(14-4-2-3-13(9-14)18(19,20)21)10-11-5-6-16-12(7-11)8-15(22)17(25)24(16)26/h2-7,9,15,26H,8,10,22H2,1H3/t15-/m0/s1. The van der Waals surface area contributed by atoms with E-state index in [1.54, 1.807) is 36.2 Å². The quantitative estimate of drug-likeness (QED) is 0.821. The fourth-order valence-corrected chi connectivity index (χ4v) is 2.99. The van der Waals surface area contributed by atoms with Crippen molar-refractivity contribution in [2.75, 3.05) is 17.0 Å². The average Bonchev–Trinajstić information content (AvgIpc) is 2.59. The van der Waals surface area contributed by atoms with Gasteiger partial charge in [0.15, 0.2) is 0 Å². The van der Waals surface area contributed by atoms with Crippen molar-refractivity contribution in [1.82, 2.24) is 0 Å². The van der Waals surface area contributed by atoms with Crippen molar-refractivity contribution < 1.29 is 23.2 Å². The number of hydroxylamine groups is 1. The van der Waals surface area contributed by atoms with Gasteiger partial charge in [-0.3, -0.25) is 10.0 Å². The maximum atomic E-state index is 12.9. The Kier molecular flexibility index (Phi) is 4.64. The van der Waals surface area contributed by atoms with Gasteiger partial charge in [-0.15, -0.1) is 0 Å². The second-order valence-electron chi connectivity index (χ2n) is 6.33. The van der Waals surface area contributed by atoms with Crippen LogP contribution in [0.25, 0.3) is 0 Å². The van der Waals surface area contributed by atoms with E-state index in [-0.39, 0.29) is 0 Å². The zero-order chi connectivity index (χ0) is 19.1. The van der Waals surface area contributed by atoms with Crippen molar-refractivity contribution in [3.05, 3.63) is 59.2 Å². The van der Waals surface area contributed by atoms with Crippen LogP contribution in [0.15, 0.2) is 42.5 Å². The molecule has 3 N–H and O–H groups in total. The van der Waals surface area contributed by atoms with Crippen molar-refractivity contribution in [3.63, 3.8) is 0 Å². The summed E-state index contributed by atoms with van der Waals surface area (Å²) in [5.74, 6) is -0.564. The van der Waals surface area contributed by atoms with E-state index in [9.17, 15) is 23.2 Å². The summed E-state index contributed by atoms with van der Waals surface area (Å²) in [4.78, 5) is 13.4. The highest BCUT2D eigenvalue weighted by molar-refractivity contribution is 5.98. The number of hydrogen-bond donors (Lipinski definition) is 2. The molecule has 0 saturated carbocycles. The number of rotatable bonds is 3. The first kappa shape index (κ1) is 18.2. The van der Waals surface area contributed by atoms with Crippen LogP contribution in [0.2, 0.25) is 0 Å². The number of carbonyl (C=O) groups excluding carboxylic acids is 1. The van der Waals surface area contributed by atoms with Crippen LogP contribution in [0.1, 0.15) is 16.7 Å². The first-order chi connectivity index (χ1) is 12.2. The summed E-state index contributed by atoms with van der Waals surface area (Å²) >= 11 is 0. The normalized spacial score (nSPS) is 17.2. The molecular formula is C18H18F3N3O2. The Hall–Kier alpha value is -2.58. The molecule has 0 spiro atoms. The predicted octanol–water partition coefficient (Wildman–Crippen LogP) is 2.95. The van der Waals surface area contributed by atoms with E-state index in [4.69, 9.17) is 5.73 Å². The lowest BCUT2D eigenvalue weighted by Crippen LogP contribution is -2.47. The largest absolute Gasteiger partial charge is 0.416 e. The summed E-state index contributed by atoms with van der Waals surface area (Å²) in [7, 11) is 1.70. The third-order valence-electron chi connectivity index (χ3n) is 4.37. The zero-order valence-electron chi connectivity index (χ0n) is 14.0. The van der Waals surface area contributed by atoms with Crippen LogP contribution in [0.4, 0.5) is 24.5 Å². The molecule has 0 unspecified atom stereocenters. The van der Waals surface area contributed by atoms with E-state index in [1.807, 2.05) is 0 Å². The SMILES string of the molecule is CN(Cc1ccc2c(c1)C[C@H](N)C(=O)N2O)c1cccc(C(F)(F)F)c1. The van der Waals surface area contributed by atoms with Gasteiger partial charge >= 0.3 is 6.18 Å². The van der Waals surface area contributed by atoms with Gasteiger partial charge in [0.05, 0.1) is 17.3 Å². The molecule has 1 aliphatic heterocycles. The summed E-state index contributed by atoms with van der Waals surface area (Å²) < 4.78 is 38.6. The number of alkyl halides is 3. The number of fused-ring (bicyclic) bond motifs is 1. The molecule has 5 nitrogen and oxygen atoms in total. The summed E-state index contributed by atoms with van der Waals surface area (Å²) in [6.07, 6.45) is -4.09. The van der Waals surface area contributed by atoms with E-state index in [1.165, 1.54) is 6.07 Å². The minimum absolute atomic E-state index is 0.298. The van der Waals surface area contributed by atoms with Gasteiger partial charge < -0.3 is 10.6 Å². The Morgan fingerprint density at radius 1 is 1.27 bits per heavy atom. The Morgan fingerprint density at radius 2 is 2.00 bits per heavy atom. The van der Waals surface area contributed by atoms with Crippen LogP contribution in [0.5, 0.6) is 0 Å². The van der Waals surface area contributed by atoms with E-state index in [0.29, 0.717) is 29.4 Å². The molecule has 0 radical (unpaired) electrons. The lowest BCUT2D eigenvalue weighted by Gasteiger charge is -2.28. The molecule has 1 heterocycles. The minimum Gasteiger partial charge on any atom is -0.370 e. The number of benzene rings is 2. The van der Waals surface area contributed by atoms with Crippen LogP contribution in [-0.2, 0) is 23.9 Å². The lowest BCUT2D eigenvalue weighted by atomic mass is 9.97. The molecule has 0 aromatic heterocycles. The number of nitrogens with zero attached hydrogens (tertiary/aromatic N) is 2. The maximum absolute atomic E-state index is 12.9. The highest BCUT2D eigenvalue weighted by atomic mass is 19.4. The molecule has 1 amide bonds. The van der Waals surface area contributed by atoms with Crippen LogP contribution < -0.4 is 15.7 Å². The van der Waals surface area contributed by atoms with Crippen LogP contribution in [-0.4, -0.2) is 24.2 Å². The Morgan fingerprint density at radius 3 is 2.69 bits per heavy atom. The summed E-state index contributed by atoms with van der Waals surface area (Å²) in [5.41, 5.74) is 7.38. The Balaban J connectivity index is 1.82. The summed E-state index contributed by atoms with van der Waals surface area (Å²) in [6, 6.07) is 9.42. The molecule has 2 aromatic rings. The van der Waals surface area contributed by atoms with Gasteiger partial charge in [0, 0.05) is 19.3 Å². The van der Waals surface area contributed by atoms with Gasteiger partial charge in [-0.05, 0) is 41.8 Å².